The second kappa shape index (κ2) is 6.28. The van der Waals surface area contributed by atoms with Gasteiger partial charge in [-0.25, -0.2) is 4.90 Å². The molecule has 0 N–H and O–H groups in total. The van der Waals surface area contributed by atoms with Crippen molar-refractivity contribution in [2.75, 3.05) is 6.73 Å². The maximum absolute atomic E-state index is 12.2. The molecule has 122 valence electrons. The molecule has 3 rings (SSSR count). The van der Waals surface area contributed by atoms with E-state index in [9.17, 15) is 14.4 Å². The van der Waals surface area contributed by atoms with Crippen molar-refractivity contribution in [2.24, 2.45) is 0 Å². The van der Waals surface area contributed by atoms with Crippen molar-refractivity contribution >= 4 is 17.8 Å². The van der Waals surface area contributed by atoms with Gasteiger partial charge in [-0.15, -0.1) is 0 Å². The fourth-order valence-corrected chi connectivity index (χ4v) is 2.62. The normalized spacial score (nSPS) is 13.2. The number of aryl methyl sites for hydroxylation is 2. The Hall–Kier alpha value is -2.95. The molecule has 1 aliphatic rings. The average molecular weight is 323 g/mol. The molecule has 0 aliphatic carbocycles. The summed E-state index contributed by atoms with van der Waals surface area (Å²) in [5.74, 6) is -1.35. The number of nitrogens with zero attached hydrogens (tertiary/aromatic N) is 1. The monoisotopic (exact) mass is 323 g/mol. The van der Waals surface area contributed by atoms with Crippen LogP contribution in [0, 0.1) is 13.8 Å². The number of hydrogen-bond acceptors (Lipinski definition) is 4. The molecule has 0 fully saturated rings. The largest absolute Gasteiger partial charge is 0.443 e. The first-order valence-corrected chi connectivity index (χ1v) is 7.64. The van der Waals surface area contributed by atoms with Crippen molar-refractivity contribution in [3.63, 3.8) is 0 Å². The van der Waals surface area contributed by atoms with Crippen molar-refractivity contribution in [1.82, 2.24) is 4.90 Å². The van der Waals surface area contributed by atoms with E-state index in [0.717, 1.165) is 21.6 Å². The minimum Gasteiger partial charge on any atom is -0.443 e. The Morgan fingerprint density at radius 1 is 0.958 bits per heavy atom. The van der Waals surface area contributed by atoms with Gasteiger partial charge in [-0.05, 0) is 42.7 Å². The second-order valence-electron chi connectivity index (χ2n) is 5.82. The number of esters is 1. The first-order chi connectivity index (χ1) is 11.5. The van der Waals surface area contributed by atoms with Crippen molar-refractivity contribution in [3.05, 3.63) is 70.3 Å². The van der Waals surface area contributed by atoms with E-state index in [1.807, 2.05) is 32.0 Å². The highest BCUT2D eigenvalue weighted by atomic mass is 16.5. The van der Waals surface area contributed by atoms with Crippen LogP contribution < -0.4 is 0 Å². The number of carbonyl (C=O) groups is 3. The Bertz CT molecular complexity index is 806. The van der Waals surface area contributed by atoms with E-state index < -0.39 is 17.8 Å². The standard InChI is InChI=1S/C19H17NO4/c1-12-7-8-14(9-13(12)2)10-17(21)24-11-20-18(22)15-5-3-4-6-16(15)19(20)23/h3-9H,10-11H2,1-2H3. The van der Waals surface area contributed by atoms with Gasteiger partial charge in [0.15, 0.2) is 6.73 Å². The summed E-state index contributed by atoms with van der Waals surface area (Å²) in [7, 11) is 0. The van der Waals surface area contributed by atoms with Crippen LogP contribution in [0.1, 0.15) is 37.4 Å². The van der Waals surface area contributed by atoms with Gasteiger partial charge in [-0.3, -0.25) is 14.4 Å². The zero-order valence-corrected chi connectivity index (χ0v) is 13.5. The third-order valence-corrected chi connectivity index (χ3v) is 4.15. The summed E-state index contributed by atoms with van der Waals surface area (Å²) < 4.78 is 5.12. The smallest absolute Gasteiger partial charge is 0.311 e. The SMILES string of the molecule is Cc1ccc(CC(=O)OCN2C(=O)c3ccccc3C2=O)cc1C. The number of carbonyl (C=O) groups excluding carboxylic acids is 3. The molecule has 0 aromatic heterocycles. The molecule has 0 unspecified atom stereocenters. The van der Waals surface area contributed by atoms with Crippen LogP contribution in [0.2, 0.25) is 0 Å². The summed E-state index contributed by atoms with van der Waals surface area (Å²) in [6.07, 6.45) is 0.101. The number of amides is 2. The summed E-state index contributed by atoms with van der Waals surface area (Å²) in [6, 6.07) is 12.3. The maximum atomic E-state index is 12.2. The van der Waals surface area contributed by atoms with E-state index >= 15 is 0 Å². The summed E-state index contributed by atoms with van der Waals surface area (Å²) in [5.41, 5.74) is 3.77. The summed E-state index contributed by atoms with van der Waals surface area (Å²) in [5, 5.41) is 0. The van der Waals surface area contributed by atoms with Crippen LogP contribution in [0.4, 0.5) is 0 Å². The highest BCUT2D eigenvalue weighted by Crippen LogP contribution is 2.22. The minimum atomic E-state index is -0.477. The summed E-state index contributed by atoms with van der Waals surface area (Å²) in [6.45, 7) is 3.61. The lowest BCUT2D eigenvalue weighted by molar-refractivity contribution is -0.145. The number of ether oxygens (including phenoxy) is 1. The molecule has 2 aromatic carbocycles. The van der Waals surface area contributed by atoms with Crippen molar-refractivity contribution in [1.29, 1.82) is 0 Å². The Morgan fingerprint density at radius 3 is 2.17 bits per heavy atom. The molecule has 0 atom stereocenters. The van der Waals surface area contributed by atoms with Crippen LogP contribution >= 0.6 is 0 Å². The lowest BCUT2D eigenvalue weighted by Crippen LogP contribution is -2.33. The second-order valence-corrected chi connectivity index (χ2v) is 5.82. The van der Waals surface area contributed by atoms with Gasteiger partial charge in [0.25, 0.3) is 11.8 Å². The van der Waals surface area contributed by atoms with Gasteiger partial charge in [0.05, 0.1) is 17.5 Å². The van der Waals surface area contributed by atoms with E-state index in [2.05, 4.69) is 0 Å². The van der Waals surface area contributed by atoms with Crippen LogP contribution in [0.25, 0.3) is 0 Å². The van der Waals surface area contributed by atoms with Gasteiger partial charge in [-0.1, -0.05) is 30.3 Å². The third kappa shape index (κ3) is 2.93. The number of hydrogen-bond donors (Lipinski definition) is 0. The van der Waals surface area contributed by atoms with Crippen molar-refractivity contribution < 1.29 is 19.1 Å². The Morgan fingerprint density at radius 2 is 1.58 bits per heavy atom. The van der Waals surface area contributed by atoms with Gasteiger partial charge in [-0.2, -0.15) is 0 Å². The number of benzene rings is 2. The molecule has 1 heterocycles. The van der Waals surface area contributed by atoms with Crippen LogP contribution in [0.3, 0.4) is 0 Å². The minimum absolute atomic E-state index is 0.101. The predicted octanol–water partition coefficient (Wildman–Crippen LogP) is 2.64. The van der Waals surface area contributed by atoms with Crippen LogP contribution in [-0.2, 0) is 16.0 Å². The Kier molecular flexibility index (Phi) is 4.16. The first kappa shape index (κ1) is 15.9. The molecule has 5 heteroatoms. The average Bonchev–Trinajstić information content (AvgIpc) is 2.81. The number of imide groups is 1. The molecule has 1 aliphatic heterocycles. The van der Waals surface area contributed by atoms with Crippen LogP contribution in [0.15, 0.2) is 42.5 Å². The van der Waals surface area contributed by atoms with Crippen LogP contribution in [0.5, 0.6) is 0 Å². The van der Waals surface area contributed by atoms with Gasteiger partial charge in [0, 0.05) is 0 Å². The molecule has 0 radical (unpaired) electrons. The van der Waals surface area contributed by atoms with E-state index in [1.165, 1.54) is 0 Å². The Labute approximate surface area is 139 Å². The van der Waals surface area contributed by atoms with Gasteiger partial charge < -0.3 is 4.74 Å². The molecule has 24 heavy (non-hydrogen) atoms. The molecular weight excluding hydrogens is 306 g/mol. The molecule has 5 nitrogen and oxygen atoms in total. The van der Waals surface area contributed by atoms with Gasteiger partial charge >= 0.3 is 5.97 Å². The molecule has 0 saturated carbocycles. The third-order valence-electron chi connectivity index (χ3n) is 4.15. The molecular formula is C19H17NO4. The molecule has 0 saturated heterocycles. The summed E-state index contributed by atoms with van der Waals surface area (Å²) >= 11 is 0. The van der Waals surface area contributed by atoms with E-state index in [-0.39, 0.29) is 13.2 Å². The number of rotatable bonds is 4. The number of fused-ring (bicyclic) bond motifs is 1. The summed E-state index contributed by atoms with van der Waals surface area (Å²) in [4.78, 5) is 37.3. The van der Waals surface area contributed by atoms with Gasteiger partial charge in [0.2, 0.25) is 0 Å². The molecule has 2 amide bonds. The predicted molar refractivity (Wildman–Crippen MR) is 87.5 cm³/mol. The first-order valence-electron chi connectivity index (χ1n) is 7.64. The lowest BCUT2D eigenvalue weighted by atomic mass is 10.0. The highest BCUT2D eigenvalue weighted by Gasteiger charge is 2.35. The van der Waals surface area contributed by atoms with E-state index in [4.69, 9.17) is 4.74 Å². The zero-order valence-electron chi connectivity index (χ0n) is 13.5. The van der Waals surface area contributed by atoms with Crippen LogP contribution in [-0.4, -0.2) is 29.4 Å². The molecule has 0 bridgehead atoms. The fraction of sp³-hybridized carbons (Fsp3) is 0.211. The molecule has 0 spiro atoms. The zero-order chi connectivity index (χ0) is 17.3. The van der Waals surface area contributed by atoms with Crippen molar-refractivity contribution in [2.45, 2.75) is 20.3 Å². The van der Waals surface area contributed by atoms with Crippen molar-refractivity contribution in [3.8, 4) is 0 Å². The van der Waals surface area contributed by atoms with Gasteiger partial charge in [0.1, 0.15) is 0 Å². The van der Waals surface area contributed by atoms with E-state index in [0.29, 0.717) is 11.1 Å². The maximum Gasteiger partial charge on any atom is 0.311 e. The Balaban J connectivity index is 1.62. The topological polar surface area (TPSA) is 63.7 Å². The quantitative estimate of drug-likeness (QED) is 0.641. The lowest BCUT2D eigenvalue weighted by Gasteiger charge is -2.14. The fourth-order valence-electron chi connectivity index (χ4n) is 2.62. The molecule has 2 aromatic rings. The van der Waals surface area contributed by atoms with E-state index in [1.54, 1.807) is 24.3 Å². The highest BCUT2D eigenvalue weighted by molar-refractivity contribution is 6.21.